The Balaban J connectivity index is 1.37. The number of piperazine rings is 1. The van der Waals surface area contributed by atoms with Crippen LogP contribution in [0.4, 0.5) is 5.69 Å². The monoisotopic (exact) mass is 379 g/mol. The van der Waals surface area contributed by atoms with Crippen LogP contribution >= 0.6 is 11.6 Å². The van der Waals surface area contributed by atoms with Gasteiger partial charge >= 0.3 is 0 Å². The Hall–Kier alpha value is -1.50. The SMILES string of the molecule is NC(=NCCCN1CCC(O)CC1)N1CCN(c2ccc(Cl)cc2)CC1. The van der Waals surface area contributed by atoms with Crippen LogP contribution in [-0.2, 0) is 0 Å². The molecule has 2 saturated heterocycles. The Morgan fingerprint density at radius 2 is 1.73 bits per heavy atom. The van der Waals surface area contributed by atoms with Gasteiger partial charge in [-0.05, 0) is 50.1 Å². The topological polar surface area (TPSA) is 68.3 Å². The maximum absolute atomic E-state index is 9.54. The summed E-state index contributed by atoms with van der Waals surface area (Å²) in [6.45, 7) is 7.45. The zero-order valence-electron chi connectivity index (χ0n) is 15.4. The number of hydrogen-bond donors (Lipinski definition) is 2. The molecule has 0 spiro atoms. The predicted molar refractivity (Wildman–Crippen MR) is 108 cm³/mol. The molecule has 1 aromatic rings. The van der Waals surface area contributed by atoms with Crippen LogP contribution in [0, 0.1) is 0 Å². The number of nitrogens with zero attached hydrogens (tertiary/aromatic N) is 4. The smallest absolute Gasteiger partial charge is 0.191 e. The van der Waals surface area contributed by atoms with Gasteiger partial charge in [-0.2, -0.15) is 0 Å². The van der Waals surface area contributed by atoms with E-state index >= 15 is 0 Å². The lowest BCUT2D eigenvalue weighted by atomic mass is 10.1. The van der Waals surface area contributed by atoms with Crippen LogP contribution in [-0.4, -0.2) is 79.3 Å². The third-order valence-corrected chi connectivity index (χ3v) is 5.51. The standard InChI is InChI=1S/C19H30ClN5O/c20-16-2-4-17(5-3-16)24-12-14-25(15-13-24)19(21)22-8-1-9-23-10-6-18(26)7-11-23/h2-5,18,26H,1,6-15H2,(H2,21,22). The summed E-state index contributed by atoms with van der Waals surface area (Å²) in [5.41, 5.74) is 7.39. The summed E-state index contributed by atoms with van der Waals surface area (Å²) >= 11 is 5.96. The van der Waals surface area contributed by atoms with Gasteiger partial charge in [0.25, 0.3) is 0 Å². The third kappa shape index (κ3) is 5.50. The number of guanidine groups is 1. The fourth-order valence-electron chi connectivity index (χ4n) is 3.58. The number of aliphatic hydroxyl groups excluding tert-OH is 1. The van der Waals surface area contributed by atoms with E-state index in [1.165, 1.54) is 5.69 Å². The van der Waals surface area contributed by atoms with Gasteiger partial charge in [0.2, 0.25) is 0 Å². The van der Waals surface area contributed by atoms with Gasteiger partial charge < -0.3 is 25.5 Å². The summed E-state index contributed by atoms with van der Waals surface area (Å²) in [5.74, 6) is 0.662. The quantitative estimate of drug-likeness (QED) is 0.462. The molecule has 0 unspecified atom stereocenters. The molecule has 2 fully saturated rings. The number of hydrogen-bond acceptors (Lipinski definition) is 4. The first-order valence-corrected chi connectivity index (χ1v) is 9.95. The molecular formula is C19H30ClN5O. The van der Waals surface area contributed by atoms with Gasteiger partial charge in [-0.15, -0.1) is 0 Å². The normalized spacial score (nSPS) is 20.6. The molecular weight excluding hydrogens is 350 g/mol. The van der Waals surface area contributed by atoms with Crippen molar-refractivity contribution in [2.45, 2.75) is 25.4 Å². The fraction of sp³-hybridized carbons (Fsp3) is 0.632. The van der Waals surface area contributed by atoms with Crippen LogP contribution in [0.5, 0.6) is 0 Å². The number of nitrogens with two attached hydrogens (primary N) is 1. The van der Waals surface area contributed by atoms with Crippen molar-refractivity contribution in [1.82, 2.24) is 9.80 Å². The van der Waals surface area contributed by atoms with Crippen molar-refractivity contribution in [3.63, 3.8) is 0 Å². The van der Waals surface area contributed by atoms with Crippen LogP contribution in [0.2, 0.25) is 5.02 Å². The lowest BCUT2D eigenvalue weighted by molar-refractivity contribution is 0.0824. The van der Waals surface area contributed by atoms with Gasteiger partial charge in [0.15, 0.2) is 5.96 Å². The second-order valence-electron chi connectivity index (χ2n) is 7.12. The number of aliphatic imine (C=N–C) groups is 1. The van der Waals surface area contributed by atoms with Crippen LogP contribution in [0.15, 0.2) is 29.3 Å². The van der Waals surface area contributed by atoms with Crippen molar-refractivity contribution in [1.29, 1.82) is 0 Å². The molecule has 144 valence electrons. The Morgan fingerprint density at radius 1 is 1.08 bits per heavy atom. The van der Waals surface area contributed by atoms with Crippen LogP contribution < -0.4 is 10.6 Å². The van der Waals surface area contributed by atoms with E-state index in [0.29, 0.717) is 5.96 Å². The maximum Gasteiger partial charge on any atom is 0.191 e. The molecule has 2 aliphatic heterocycles. The van der Waals surface area contributed by atoms with E-state index in [1.807, 2.05) is 12.1 Å². The zero-order valence-corrected chi connectivity index (χ0v) is 16.1. The molecule has 2 heterocycles. The summed E-state index contributed by atoms with van der Waals surface area (Å²) in [6, 6.07) is 7.99. The van der Waals surface area contributed by atoms with Gasteiger partial charge in [0.1, 0.15) is 0 Å². The second-order valence-corrected chi connectivity index (χ2v) is 7.55. The highest BCUT2D eigenvalue weighted by Crippen LogP contribution is 2.19. The van der Waals surface area contributed by atoms with E-state index < -0.39 is 0 Å². The Bertz CT molecular complexity index is 578. The van der Waals surface area contributed by atoms with Crippen molar-refractivity contribution in [2.24, 2.45) is 10.7 Å². The largest absolute Gasteiger partial charge is 0.393 e. The average molecular weight is 380 g/mol. The van der Waals surface area contributed by atoms with Crippen LogP contribution in [0.25, 0.3) is 0 Å². The first kappa shape index (κ1) is 19.3. The van der Waals surface area contributed by atoms with Gasteiger partial charge in [0.05, 0.1) is 6.10 Å². The molecule has 0 radical (unpaired) electrons. The third-order valence-electron chi connectivity index (χ3n) is 5.26. The number of halogens is 1. The lowest BCUT2D eigenvalue weighted by Gasteiger charge is -2.36. The molecule has 0 atom stereocenters. The van der Waals surface area contributed by atoms with E-state index in [0.717, 1.165) is 76.6 Å². The van der Waals surface area contributed by atoms with E-state index in [-0.39, 0.29) is 6.10 Å². The summed E-state index contributed by atoms with van der Waals surface area (Å²) in [7, 11) is 0. The highest BCUT2D eigenvalue weighted by atomic mass is 35.5. The number of piperidine rings is 1. The molecule has 3 N–H and O–H groups in total. The van der Waals surface area contributed by atoms with Gasteiger partial charge in [-0.25, -0.2) is 0 Å². The summed E-state index contributed by atoms with van der Waals surface area (Å²) < 4.78 is 0. The van der Waals surface area contributed by atoms with E-state index in [9.17, 15) is 5.11 Å². The van der Waals surface area contributed by atoms with Crippen molar-refractivity contribution < 1.29 is 5.11 Å². The molecule has 1 aromatic carbocycles. The molecule has 0 saturated carbocycles. The minimum absolute atomic E-state index is 0.105. The summed E-state index contributed by atoms with van der Waals surface area (Å²) in [6.07, 6.45) is 2.69. The number of aliphatic hydroxyl groups is 1. The van der Waals surface area contributed by atoms with Crippen molar-refractivity contribution in [3.05, 3.63) is 29.3 Å². The van der Waals surface area contributed by atoms with Gasteiger partial charge in [-0.1, -0.05) is 11.6 Å². The number of likely N-dealkylation sites (tertiary alicyclic amines) is 1. The Kier molecular flexibility index (Phi) is 7.00. The molecule has 0 aromatic heterocycles. The molecule has 0 amide bonds. The summed E-state index contributed by atoms with van der Waals surface area (Å²) in [5, 5.41) is 10.3. The molecule has 2 aliphatic rings. The first-order valence-electron chi connectivity index (χ1n) is 9.57. The van der Waals surface area contributed by atoms with Gasteiger partial charge in [0, 0.05) is 56.5 Å². The molecule has 7 heteroatoms. The first-order chi connectivity index (χ1) is 12.6. The highest BCUT2D eigenvalue weighted by molar-refractivity contribution is 6.30. The average Bonchev–Trinajstić information content (AvgIpc) is 2.67. The molecule has 26 heavy (non-hydrogen) atoms. The van der Waals surface area contributed by atoms with Crippen molar-refractivity contribution >= 4 is 23.2 Å². The number of anilines is 1. The molecule has 6 nitrogen and oxygen atoms in total. The zero-order chi connectivity index (χ0) is 18.4. The van der Waals surface area contributed by atoms with E-state index in [4.69, 9.17) is 17.3 Å². The lowest BCUT2D eigenvalue weighted by Crippen LogP contribution is -2.51. The van der Waals surface area contributed by atoms with E-state index in [1.54, 1.807) is 0 Å². The minimum Gasteiger partial charge on any atom is -0.393 e. The fourth-order valence-corrected chi connectivity index (χ4v) is 3.70. The molecule has 0 aliphatic carbocycles. The Labute approximate surface area is 161 Å². The van der Waals surface area contributed by atoms with Crippen LogP contribution in [0.3, 0.4) is 0 Å². The number of benzene rings is 1. The van der Waals surface area contributed by atoms with Crippen molar-refractivity contribution in [2.75, 3.05) is 57.3 Å². The highest BCUT2D eigenvalue weighted by Gasteiger charge is 2.19. The van der Waals surface area contributed by atoms with Crippen LogP contribution in [0.1, 0.15) is 19.3 Å². The van der Waals surface area contributed by atoms with E-state index in [2.05, 4.69) is 31.8 Å². The Morgan fingerprint density at radius 3 is 2.38 bits per heavy atom. The molecule has 0 bridgehead atoms. The van der Waals surface area contributed by atoms with Gasteiger partial charge in [-0.3, -0.25) is 4.99 Å². The predicted octanol–water partition coefficient (Wildman–Crippen LogP) is 1.62. The van der Waals surface area contributed by atoms with Crippen molar-refractivity contribution in [3.8, 4) is 0 Å². The molecule has 3 rings (SSSR count). The minimum atomic E-state index is -0.105. The summed E-state index contributed by atoms with van der Waals surface area (Å²) in [4.78, 5) is 11.5. The maximum atomic E-state index is 9.54. The number of rotatable bonds is 5. The second kappa shape index (κ2) is 9.44.